The van der Waals surface area contributed by atoms with Crippen LogP contribution in [0, 0.1) is 0 Å². The average molecular weight is 585 g/mol. The van der Waals surface area contributed by atoms with E-state index in [0.717, 1.165) is 15.4 Å². The first-order valence-electron chi connectivity index (χ1n) is 13.4. The van der Waals surface area contributed by atoms with Crippen LogP contribution < -0.4 is 0 Å². The van der Waals surface area contributed by atoms with E-state index in [1.807, 2.05) is 30.3 Å². The predicted octanol–water partition coefficient (Wildman–Crippen LogP) is 5.28. The van der Waals surface area contributed by atoms with Gasteiger partial charge in [0.1, 0.15) is 41.2 Å². The van der Waals surface area contributed by atoms with Crippen LogP contribution >= 0.6 is 0 Å². The van der Waals surface area contributed by atoms with Crippen LogP contribution in [0.5, 0.6) is 0 Å². The summed E-state index contributed by atoms with van der Waals surface area (Å²) >= 11 is 0. The van der Waals surface area contributed by atoms with E-state index in [9.17, 15) is 28.0 Å². The molecule has 0 spiro atoms. The van der Waals surface area contributed by atoms with Gasteiger partial charge in [0, 0.05) is 12.8 Å². The number of amides is 2. The molecule has 2 saturated heterocycles. The predicted molar refractivity (Wildman–Crippen MR) is 146 cm³/mol. The van der Waals surface area contributed by atoms with Crippen LogP contribution in [0.4, 0.5) is 18.4 Å². The molecule has 2 aliphatic rings. The molecule has 0 bridgehead atoms. The minimum Gasteiger partial charge on any atom is -0.480 e. The number of carbonyl (C=O) groups is 4. The largest absolute Gasteiger partial charge is 0.480 e. The number of carbonyl (C=O) groups excluding carboxylic acids is 3. The summed E-state index contributed by atoms with van der Waals surface area (Å²) in [6.45, 7) is 12.5. The van der Waals surface area contributed by atoms with Crippen molar-refractivity contribution in [3.05, 3.63) is 35.9 Å². The summed E-state index contributed by atoms with van der Waals surface area (Å²) in [4.78, 5) is 49.4. The molecule has 0 radical (unpaired) electrons. The van der Waals surface area contributed by atoms with Gasteiger partial charge in [0.15, 0.2) is 0 Å². The van der Waals surface area contributed by atoms with Gasteiger partial charge in [0.25, 0.3) is 0 Å². The highest BCUT2D eigenvalue weighted by atomic mass is 19.1. The Morgan fingerprint density at radius 2 is 1.24 bits per heavy atom. The van der Waals surface area contributed by atoms with Gasteiger partial charge in [-0.15, -0.1) is 0 Å². The molecule has 12 heteroatoms. The molecular weight excluding hydrogens is 542 g/mol. The van der Waals surface area contributed by atoms with Crippen molar-refractivity contribution in [3.63, 3.8) is 0 Å². The van der Waals surface area contributed by atoms with Gasteiger partial charge in [-0.2, -0.15) is 0 Å². The Hall–Kier alpha value is -3.44. The molecule has 230 valence electrons. The van der Waals surface area contributed by atoms with Crippen LogP contribution in [-0.4, -0.2) is 86.7 Å². The molecule has 0 saturated carbocycles. The second-order valence-electron chi connectivity index (χ2n) is 12.9. The highest BCUT2D eigenvalue weighted by Gasteiger charge is 2.49. The lowest BCUT2D eigenvalue weighted by atomic mass is 10.1. The van der Waals surface area contributed by atoms with E-state index >= 15 is 0 Å². The minimum absolute atomic E-state index is 0.0847. The quantitative estimate of drug-likeness (QED) is 0.375. The first-order chi connectivity index (χ1) is 18.6. The number of hydrogen-bond acceptors (Lipinski definition) is 7. The lowest BCUT2D eigenvalue weighted by Gasteiger charge is -2.27. The highest BCUT2D eigenvalue weighted by molar-refractivity contribution is 5.83. The lowest BCUT2D eigenvalue weighted by molar-refractivity contribution is -0.150. The van der Waals surface area contributed by atoms with Gasteiger partial charge in [-0.1, -0.05) is 30.3 Å². The Bertz CT molecular complexity index is 1100. The van der Waals surface area contributed by atoms with E-state index in [-0.39, 0.29) is 32.5 Å². The Morgan fingerprint density at radius 3 is 1.66 bits per heavy atom. The molecule has 1 aromatic rings. The molecule has 1 N–H and O–H groups in total. The van der Waals surface area contributed by atoms with Gasteiger partial charge < -0.3 is 19.3 Å². The van der Waals surface area contributed by atoms with Crippen molar-refractivity contribution in [2.45, 2.75) is 109 Å². The second kappa shape index (κ2) is 12.6. The zero-order valence-corrected chi connectivity index (χ0v) is 25.0. The number of carboxylic acid groups (broad SMARTS) is 1. The average Bonchev–Trinajstić information content (AvgIpc) is 3.32. The molecular formula is C29H42F2N2O8. The van der Waals surface area contributed by atoms with Gasteiger partial charge in [-0.05, 0) is 61.0 Å². The zero-order valence-electron chi connectivity index (χ0n) is 25.0. The molecule has 0 aromatic heterocycles. The van der Waals surface area contributed by atoms with Crippen molar-refractivity contribution in [2.75, 3.05) is 13.1 Å². The molecule has 1 aromatic carbocycles. The first kappa shape index (κ1) is 33.8. The van der Waals surface area contributed by atoms with Crippen molar-refractivity contribution in [2.24, 2.45) is 0 Å². The number of halogens is 2. The Balaban J connectivity index is 0.000000305. The SMILES string of the molecule is CC(C)(C)OC(=O)N1C[C@](C)(F)C[C@H]1C(=O)O.CC(C)(C)OC(=O)N1C[C@](C)(F)C[C@H]1C(=O)OCc1ccccc1. The van der Waals surface area contributed by atoms with Gasteiger partial charge in [-0.3, -0.25) is 9.80 Å². The van der Waals surface area contributed by atoms with Crippen LogP contribution in [0.25, 0.3) is 0 Å². The Morgan fingerprint density at radius 1 is 0.829 bits per heavy atom. The second-order valence-corrected chi connectivity index (χ2v) is 12.9. The molecule has 2 fully saturated rings. The van der Waals surface area contributed by atoms with E-state index in [4.69, 9.17) is 19.3 Å². The molecule has 3 rings (SSSR count). The van der Waals surface area contributed by atoms with E-state index in [0.29, 0.717) is 0 Å². The number of hydrogen-bond donors (Lipinski definition) is 1. The number of nitrogens with zero attached hydrogens (tertiary/aromatic N) is 2. The molecule has 2 aliphatic heterocycles. The number of likely N-dealkylation sites (tertiary alicyclic amines) is 2. The smallest absolute Gasteiger partial charge is 0.411 e. The third kappa shape index (κ3) is 10.8. The van der Waals surface area contributed by atoms with E-state index in [1.165, 1.54) is 13.8 Å². The third-order valence-electron chi connectivity index (χ3n) is 6.03. The van der Waals surface area contributed by atoms with Crippen LogP contribution in [-0.2, 0) is 30.4 Å². The van der Waals surface area contributed by atoms with Crippen LogP contribution in [0.2, 0.25) is 0 Å². The topological polar surface area (TPSA) is 123 Å². The van der Waals surface area contributed by atoms with E-state index in [1.54, 1.807) is 41.5 Å². The fourth-order valence-corrected chi connectivity index (χ4v) is 4.37. The molecule has 0 unspecified atom stereocenters. The summed E-state index contributed by atoms with van der Waals surface area (Å²) in [5.41, 5.74) is -3.94. The summed E-state index contributed by atoms with van der Waals surface area (Å²) < 4.78 is 43.7. The Kier molecular flexibility index (Phi) is 10.4. The molecule has 10 nitrogen and oxygen atoms in total. The standard InChI is InChI=1S/C18H24FNO4.C11H18FNO4/c1-17(2,3)24-16(22)20-12-18(4,19)10-14(20)15(21)23-11-13-8-6-5-7-9-13;1-10(2,3)17-9(16)13-6-11(4,12)5-7(13)8(14)15/h5-9,14H,10-12H2,1-4H3;7H,5-6H2,1-4H3,(H,14,15)/t14-,18+;7-,11+/m00/s1. The summed E-state index contributed by atoms with van der Waals surface area (Å²) in [7, 11) is 0. The van der Waals surface area contributed by atoms with Crippen molar-refractivity contribution in [3.8, 4) is 0 Å². The summed E-state index contributed by atoms with van der Waals surface area (Å²) in [5, 5.41) is 8.95. The van der Waals surface area contributed by atoms with Crippen molar-refractivity contribution in [1.82, 2.24) is 9.80 Å². The number of esters is 1. The number of benzene rings is 1. The molecule has 2 amide bonds. The number of aliphatic carboxylic acids is 1. The number of rotatable bonds is 4. The highest BCUT2D eigenvalue weighted by Crippen LogP contribution is 2.33. The fraction of sp³-hybridized carbons (Fsp3) is 0.655. The molecule has 4 atom stereocenters. The number of carboxylic acids is 1. The maximum absolute atomic E-state index is 14.4. The van der Waals surface area contributed by atoms with Crippen molar-refractivity contribution in [1.29, 1.82) is 0 Å². The first-order valence-corrected chi connectivity index (χ1v) is 13.4. The Labute approximate surface area is 239 Å². The summed E-state index contributed by atoms with van der Waals surface area (Å²) in [6.07, 6.45) is -1.79. The lowest BCUT2D eigenvalue weighted by Crippen LogP contribution is -2.44. The van der Waals surface area contributed by atoms with Crippen molar-refractivity contribution >= 4 is 24.1 Å². The molecule has 0 aliphatic carbocycles. The summed E-state index contributed by atoms with van der Waals surface area (Å²) in [5.74, 6) is -1.83. The minimum atomic E-state index is -1.68. The van der Waals surface area contributed by atoms with Gasteiger partial charge in [0.2, 0.25) is 0 Å². The van der Waals surface area contributed by atoms with Gasteiger partial charge in [-0.25, -0.2) is 28.0 Å². The van der Waals surface area contributed by atoms with E-state index < -0.39 is 58.7 Å². The van der Waals surface area contributed by atoms with Crippen molar-refractivity contribution < 1.29 is 47.3 Å². The molecule has 2 heterocycles. The van der Waals surface area contributed by atoms with Gasteiger partial charge in [0.05, 0.1) is 13.1 Å². The fourth-order valence-electron chi connectivity index (χ4n) is 4.37. The zero-order chi connectivity index (χ0) is 31.4. The number of ether oxygens (including phenoxy) is 3. The maximum atomic E-state index is 14.4. The van der Waals surface area contributed by atoms with Crippen LogP contribution in [0.1, 0.15) is 73.8 Å². The van der Waals surface area contributed by atoms with Gasteiger partial charge >= 0.3 is 24.1 Å². The van der Waals surface area contributed by atoms with Crippen LogP contribution in [0.15, 0.2) is 30.3 Å². The monoisotopic (exact) mass is 584 g/mol. The van der Waals surface area contributed by atoms with Crippen LogP contribution in [0.3, 0.4) is 0 Å². The number of alkyl halides is 2. The summed E-state index contributed by atoms with van der Waals surface area (Å²) in [6, 6.07) is 7.06. The molecule has 41 heavy (non-hydrogen) atoms. The van der Waals surface area contributed by atoms with E-state index in [2.05, 4.69) is 0 Å². The maximum Gasteiger partial charge on any atom is 0.411 e. The normalized spacial score (nSPS) is 26.1. The third-order valence-corrected chi connectivity index (χ3v) is 6.03.